The summed E-state index contributed by atoms with van der Waals surface area (Å²) in [6, 6.07) is 8.97. The first-order valence-electron chi connectivity index (χ1n) is 9.70. The first-order chi connectivity index (χ1) is 14.5. The summed E-state index contributed by atoms with van der Waals surface area (Å²) in [7, 11) is 0. The molecular formula is C21H24F3N3O3. The van der Waals surface area contributed by atoms with Crippen LogP contribution in [0.2, 0.25) is 0 Å². The minimum absolute atomic E-state index is 0.0925. The number of hydrogen-bond donors (Lipinski definition) is 2. The summed E-state index contributed by atoms with van der Waals surface area (Å²) >= 11 is 0. The van der Waals surface area contributed by atoms with Crippen molar-refractivity contribution in [3.05, 3.63) is 65.5 Å². The number of halogens is 3. The van der Waals surface area contributed by atoms with Gasteiger partial charge in [-0.05, 0) is 29.8 Å². The summed E-state index contributed by atoms with van der Waals surface area (Å²) in [6.07, 6.45) is 0. The number of amides is 2. The number of rotatable bonds is 8. The number of ether oxygens (including phenoxy) is 2. The highest BCUT2D eigenvalue weighted by Gasteiger charge is 2.23. The highest BCUT2D eigenvalue weighted by Crippen LogP contribution is 2.22. The van der Waals surface area contributed by atoms with Crippen molar-refractivity contribution in [1.82, 2.24) is 15.5 Å². The molecule has 162 valence electrons. The number of morpholine rings is 1. The number of carbonyl (C=O) groups is 1. The average molecular weight is 423 g/mol. The van der Waals surface area contributed by atoms with E-state index in [1.807, 2.05) is 6.07 Å². The fraction of sp³-hybridized carbons (Fsp3) is 0.381. The van der Waals surface area contributed by atoms with Crippen LogP contribution in [0.3, 0.4) is 0 Å². The zero-order chi connectivity index (χ0) is 21.3. The number of benzene rings is 2. The normalized spacial score (nSPS) is 15.4. The van der Waals surface area contributed by atoms with Gasteiger partial charge in [-0.25, -0.2) is 18.0 Å². The second-order valence-electron chi connectivity index (χ2n) is 6.78. The molecule has 0 radical (unpaired) electrons. The lowest BCUT2D eigenvalue weighted by molar-refractivity contribution is 0.0166. The van der Waals surface area contributed by atoms with Gasteiger partial charge in [0.1, 0.15) is 18.2 Å². The van der Waals surface area contributed by atoms with Crippen molar-refractivity contribution in [2.24, 2.45) is 0 Å². The Bertz CT molecular complexity index is 847. The molecule has 30 heavy (non-hydrogen) atoms. The Morgan fingerprint density at radius 3 is 2.60 bits per heavy atom. The van der Waals surface area contributed by atoms with Crippen molar-refractivity contribution in [2.75, 3.05) is 46.0 Å². The maximum absolute atomic E-state index is 13.7. The van der Waals surface area contributed by atoms with E-state index in [0.717, 1.165) is 17.7 Å². The summed E-state index contributed by atoms with van der Waals surface area (Å²) in [5, 5.41) is 5.43. The molecule has 2 amide bonds. The zero-order valence-corrected chi connectivity index (χ0v) is 16.4. The Morgan fingerprint density at radius 1 is 1.07 bits per heavy atom. The Labute approximate surface area is 173 Å². The molecule has 0 aliphatic carbocycles. The van der Waals surface area contributed by atoms with Crippen molar-refractivity contribution in [3.63, 3.8) is 0 Å². The molecule has 1 heterocycles. The van der Waals surface area contributed by atoms with Crippen molar-refractivity contribution >= 4 is 6.03 Å². The van der Waals surface area contributed by atoms with Gasteiger partial charge in [0.2, 0.25) is 0 Å². The first-order valence-corrected chi connectivity index (χ1v) is 9.70. The standard InChI is InChI=1S/C21H24F3N3O3/c22-16-3-1-2-15(12-16)20(27-7-10-29-11-8-27)14-26-21(28)25-6-9-30-17-4-5-18(23)19(24)13-17/h1-5,12-13,20H,6-11,14H2,(H2,25,26,28). The molecule has 0 aromatic heterocycles. The molecule has 1 aliphatic heterocycles. The van der Waals surface area contributed by atoms with Gasteiger partial charge in [0, 0.05) is 25.7 Å². The van der Waals surface area contributed by atoms with Crippen LogP contribution in [0.1, 0.15) is 11.6 Å². The summed E-state index contributed by atoms with van der Waals surface area (Å²) in [6.45, 7) is 3.10. The first kappa shape index (κ1) is 21.9. The van der Waals surface area contributed by atoms with Gasteiger partial charge in [-0.2, -0.15) is 0 Å². The van der Waals surface area contributed by atoms with E-state index in [0.29, 0.717) is 32.8 Å². The Hall–Kier alpha value is -2.78. The van der Waals surface area contributed by atoms with E-state index in [1.165, 1.54) is 18.2 Å². The number of nitrogens with zero attached hydrogens (tertiary/aromatic N) is 1. The SMILES string of the molecule is O=C(NCCOc1ccc(F)c(F)c1)NCC(c1cccc(F)c1)N1CCOCC1. The van der Waals surface area contributed by atoms with E-state index in [4.69, 9.17) is 9.47 Å². The van der Waals surface area contributed by atoms with Crippen LogP contribution < -0.4 is 15.4 Å². The van der Waals surface area contributed by atoms with Crippen molar-refractivity contribution in [1.29, 1.82) is 0 Å². The molecule has 1 saturated heterocycles. The summed E-state index contributed by atoms with van der Waals surface area (Å²) in [4.78, 5) is 14.3. The van der Waals surface area contributed by atoms with Crippen LogP contribution in [-0.2, 0) is 4.74 Å². The highest BCUT2D eigenvalue weighted by molar-refractivity contribution is 5.73. The predicted molar refractivity (Wildman–Crippen MR) is 105 cm³/mol. The van der Waals surface area contributed by atoms with Crippen molar-refractivity contribution in [3.8, 4) is 5.75 Å². The molecule has 2 aromatic carbocycles. The monoisotopic (exact) mass is 423 g/mol. The quantitative estimate of drug-likeness (QED) is 0.641. The molecule has 1 aliphatic rings. The van der Waals surface area contributed by atoms with E-state index in [1.54, 1.807) is 6.07 Å². The Kier molecular flexibility index (Phi) is 7.92. The molecule has 2 N–H and O–H groups in total. The molecule has 3 rings (SSSR count). The van der Waals surface area contributed by atoms with Gasteiger partial charge in [0.25, 0.3) is 0 Å². The van der Waals surface area contributed by atoms with Gasteiger partial charge in [0.05, 0.1) is 25.8 Å². The second-order valence-corrected chi connectivity index (χ2v) is 6.78. The third-order valence-electron chi connectivity index (χ3n) is 4.72. The van der Waals surface area contributed by atoms with Crippen LogP contribution in [0.4, 0.5) is 18.0 Å². The van der Waals surface area contributed by atoms with E-state index >= 15 is 0 Å². The van der Waals surface area contributed by atoms with E-state index in [9.17, 15) is 18.0 Å². The number of urea groups is 1. The third-order valence-corrected chi connectivity index (χ3v) is 4.72. The largest absolute Gasteiger partial charge is 0.492 e. The smallest absolute Gasteiger partial charge is 0.314 e. The fourth-order valence-electron chi connectivity index (χ4n) is 3.21. The Morgan fingerprint density at radius 2 is 1.87 bits per heavy atom. The molecule has 9 heteroatoms. The lowest BCUT2D eigenvalue weighted by Gasteiger charge is -2.35. The maximum Gasteiger partial charge on any atom is 0.314 e. The molecule has 1 unspecified atom stereocenters. The minimum Gasteiger partial charge on any atom is -0.492 e. The van der Waals surface area contributed by atoms with E-state index in [2.05, 4.69) is 15.5 Å². The second kappa shape index (κ2) is 10.8. The van der Waals surface area contributed by atoms with Gasteiger partial charge in [0.15, 0.2) is 11.6 Å². The van der Waals surface area contributed by atoms with Gasteiger partial charge < -0.3 is 20.1 Å². The summed E-state index contributed by atoms with van der Waals surface area (Å²) in [5.74, 6) is -2.10. The van der Waals surface area contributed by atoms with Gasteiger partial charge in [-0.3, -0.25) is 4.90 Å². The molecule has 0 spiro atoms. The molecular weight excluding hydrogens is 399 g/mol. The average Bonchev–Trinajstić information content (AvgIpc) is 2.75. The van der Waals surface area contributed by atoms with Crippen LogP contribution >= 0.6 is 0 Å². The van der Waals surface area contributed by atoms with Crippen LogP contribution in [0, 0.1) is 17.5 Å². The van der Waals surface area contributed by atoms with Gasteiger partial charge in [-0.1, -0.05) is 12.1 Å². The zero-order valence-electron chi connectivity index (χ0n) is 16.4. The van der Waals surface area contributed by atoms with E-state index < -0.39 is 17.7 Å². The molecule has 6 nitrogen and oxygen atoms in total. The molecule has 0 saturated carbocycles. The predicted octanol–water partition coefficient (Wildman–Crippen LogP) is 2.86. The van der Waals surface area contributed by atoms with Crippen molar-refractivity contribution in [2.45, 2.75) is 6.04 Å². The maximum atomic E-state index is 13.7. The Balaban J connectivity index is 1.47. The lowest BCUT2D eigenvalue weighted by atomic mass is 10.0. The number of nitrogens with one attached hydrogen (secondary N) is 2. The van der Waals surface area contributed by atoms with Gasteiger partial charge >= 0.3 is 6.03 Å². The lowest BCUT2D eigenvalue weighted by Crippen LogP contribution is -2.46. The molecule has 0 bridgehead atoms. The fourth-order valence-corrected chi connectivity index (χ4v) is 3.21. The van der Waals surface area contributed by atoms with E-state index in [-0.39, 0.29) is 30.8 Å². The molecule has 1 fully saturated rings. The minimum atomic E-state index is -0.996. The summed E-state index contributed by atoms with van der Waals surface area (Å²) < 4.78 is 50.4. The van der Waals surface area contributed by atoms with Crippen LogP contribution in [0.25, 0.3) is 0 Å². The van der Waals surface area contributed by atoms with Crippen LogP contribution in [0.5, 0.6) is 5.75 Å². The number of carbonyl (C=O) groups excluding carboxylic acids is 1. The third kappa shape index (κ3) is 6.36. The molecule has 2 aromatic rings. The highest BCUT2D eigenvalue weighted by atomic mass is 19.2. The van der Waals surface area contributed by atoms with Gasteiger partial charge in [-0.15, -0.1) is 0 Å². The van der Waals surface area contributed by atoms with Crippen molar-refractivity contribution < 1.29 is 27.4 Å². The topological polar surface area (TPSA) is 62.8 Å². The summed E-state index contributed by atoms with van der Waals surface area (Å²) in [5.41, 5.74) is 0.777. The van der Waals surface area contributed by atoms with Crippen LogP contribution in [-0.4, -0.2) is 56.9 Å². The number of hydrogen-bond acceptors (Lipinski definition) is 4. The molecule has 1 atom stereocenters. The van der Waals surface area contributed by atoms with Crippen LogP contribution in [0.15, 0.2) is 42.5 Å².